The predicted molar refractivity (Wildman–Crippen MR) is 120 cm³/mol. The molecule has 1 aromatic heterocycles. The molecule has 0 unspecified atom stereocenters. The van der Waals surface area contributed by atoms with E-state index in [-0.39, 0.29) is 10.8 Å². The molecule has 0 radical (unpaired) electrons. The zero-order valence-corrected chi connectivity index (χ0v) is 18.7. The summed E-state index contributed by atoms with van der Waals surface area (Å²) in [5, 5.41) is 2.91. The lowest BCUT2D eigenvalue weighted by Gasteiger charge is -2.30. The van der Waals surface area contributed by atoms with Gasteiger partial charge in [0, 0.05) is 31.7 Å². The molecule has 2 heterocycles. The number of carbonyl (C=O) groups excluding carboxylic acids is 1. The molecular weight excluding hydrogens is 412 g/mol. The van der Waals surface area contributed by atoms with Crippen LogP contribution in [0, 0.1) is 12.8 Å². The molecule has 1 aliphatic rings. The van der Waals surface area contributed by atoms with E-state index in [1.807, 2.05) is 31.2 Å². The summed E-state index contributed by atoms with van der Waals surface area (Å²) in [5.74, 6) is 1.04. The average Bonchev–Trinajstić information content (AvgIpc) is 3.09. The second kappa shape index (κ2) is 8.80. The van der Waals surface area contributed by atoms with Crippen molar-refractivity contribution in [2.75, 3.05) is 19.6 Å². The molecule has 0 aliphatic carbocycles. The third-order valence-electron chi connectivity index (χ3n) is 5.84. The van der Waals surface area contributed by atoms with E-state index in [2.05, 4.69) is 21.8 Å². The molecule has 3 aromatic rings. The van der Waals surface area contributed by atoms with Crippen molar-refractivity contribution in [1.29, 1.82) is 0 Å². The van der Waals surface area contributed by atoms with Crippen LogP contribution in [0.3, 0.4) is 0 Å². The molecule has 0 saturated carbocycles. The number of sulfonamides is 1. The molecule has 8 heteroatoms. The zero-order chi connectivity index (χ0) is 22.0. The number of aromatic nitrogens is 2. The number of nitrogens with zero attached hydrogens (tertiary/aromatic N) is 3. The van der Waals surface area contributed by atoms with Crippen molar-refractivity contribution in [2.24, 2.45) is 5.92 Å². The molecule has 1 amide bonds. The molecule has 1 atom stereocenters. The molecule has 1 aliphatic heterocycles. The first-order valence-corrected chi connectivity index (χ1v) is 12.1. The first-order valence-electron chi connectivity index (χ1n) is 10.7. The van der Waals surface area contributed by atoms with Crippen molar-refractivity contribution in [2.45, 2.75) is 38.1 Å². The SMILES string of the molecule is Cc1nc2ccccc2n1CCNC(=O)c1ccc(S(=O)(=O)N2CCC[C@@H](C)C2)cc1. The lowest BCUT2D eigenvalue weighted by Crippen LogP contribution is -2.39. The van der Waals surface area contributed by atoms with Gasteiger partial charge in [-0.1, -0.05) is 19.1 Å². The smallest absolute Gasteiger partial charge is 0.251 e. The molecule has 7 nitrogen and oxygen atoms in total. The molecule has 1 N–H and O–H groups in total. The van der Waals surface area contributed by atoms with Crippen LogP contribution in [0.15, 0.2) is 53.4 Å². The Morgan fingerprint density at radius 3 is 2.65 bits per heavy atom. The van der Waals surface area contributed by atoms with Gasteiger partial charge in [0.1, 0.15) is 5.82 Å². The molecule has 1 fully saturated rings. The van der Waals surface area contributed by atoms with Crippen molar-refractivity contribution in [3.8, 4) is 0 Å². The van der Waals surface area contributed by atoms with Gasteiger partial charge in [-0.2, -0.15) is 4.31 Å². The summed E-state index contributed by atoms with van der Waals surface area (Å²) in [4.78, 5) is 17.3. The number of para-hydroxylation sites is 2. The highest BCUT2D eigenvalue weighted by Crippen LogP contribution is 2.23. The largest absolute Gasteiger partial charge is 0.350 e. The Hall–Kier alpha value is -2.71. The van der Waals surface area contributed by atoms with Crippen LogP contribution in [0.1, 0.15) is 35.9 Å². The van der Waals surface area contributed by atoms with Crippen molar-refractivity contribution >= 4 is 27.0 Å². The van der Waals surface area contributed by atoms with Crippen LogP contribution < -0.4 is 5.32 Å². The summed E-state index contributed by atoms with van der Waals surface area (Å²) < 4.78 is 29.4. The fourth-order valence-electron chi connectivity index (χ4n) is 4.15. The molecule has 4 rings (SSSR count). The number of hydrogen-bond acceptors (Lipinski definition) is 4. The number of hydrogen-bond donors (Lipinski definition) is 1. The van der Waals surface area contributed by atoms with Gasteiger partial charge in [-0.3, -0.25) is 4.79 Å². The summed E-state index contributed by atoms with van der Waals surface area (Å²) >= 11 is 0. The summed E-state index contributed by atoms with van der Waals surface area (Å²) in [6.07, 6.45) is 1.94. The maximum absolute atomic E-state index is 12.9. The Kier molecular flexibility index (Phi) is 6.11. The number of piperidine rings is 1. The monoisotopic (exact) mass is 440 g/mol. The highest BCUT2D eigenvalue weighted by atomic mass is 32.2. The third-order valence-corrected chi connectivity index (χ3v) is 7.72. The minimum Gasteiger partial charge on any atom is -0.350 e. The van der Waals surface area contributed by atoms with Crippen molar-refractivity contribution in [1.82, 2.24) is 19.2 Å². The maximum Gasteiger partial charge on any atom is 0.251 e. The lowest BCUT2D eigenvalue weighted by molar-refractivity contribution is 0.0952. The molecule has 164 valence electrons. The first kappa shape index (κ1) is 21.5. The van der Waals surface area contributed by atoms with Crippen LogP contribution in [0.4, 0.5) is 0 Å². The summed E-state index contributed by atoms with van der Waals surface area (Å²) in [7, 11) is -3.52. The number of fused-ring (bicyclic) bond motifs is 1. The van der Waals surface area contributed by atoms with Crippen LogP contribution in [0.2, 0.25) is 0 Å². The third kappa shape index (κ3) is 4.50. The van der Waals surface area contributed by atoms with Crippen LogP contribution in [-0.2, 0) is 16.6 Å². The number of carbonyl (C=O) groups is 1. The molecular formula is C23H28N4O3S. The second-order valence-corrected chi connectivity index (χ2v) is 10.1. The van der Waals surface area contributed by atoms with E-state index in [0.29, 0.717) is 37.7 Å². The minimum absolute atomic E-state index is 0.224. The zero-order valence-electron chi connectivity index (χ0n) is 17.9. The molecule has 0 spiro atoms. The van der Waals surface area contributed by atoms with Gasteiger partial charge in [-0.15, -0.1) is 0 Å². The highest BCUT2D eigenvalue weighted by molar-refractivity contribution is 7.89. The molecule has 2 aromatic carbocycles. The van der Waals surface area contributed by atoms with Crippen molar-refractivity contribution in [3.63, 3.8) is 0 Å². The molecule has 31 heavy (non-hydrogen) atoms. The second-order valence-electron chi connectivity index (χ2n) is 8.19. The number of amides is 1. The van der Waals surface area contributed by atoms with Gasteiger partial charge < -0.3 is 9.88 Å². The Bertz CT molecular complexity index is 1190. The standard InChI is InChI=1S/C23H28N4O3S/c1-17-6-5-14-26(16-17)31(29,30)20-11-9-19(10-12-20)23(28)24-13-15-27-18(2)25-21-7-3-4-8-22(21)27/h3-4,7-12,17H,5-6,13-16H2,1-2H3,(H,24,28)/t17-/m1/s1. The lowest BCUT2D eigenvalue weighted by atomic mass is 10.0. The maximum atomic E-state index is 12.9. The van der Waals surface area contributed by atoms with E-state index in [1.165, 1.54) is 12.1 Å². The number of rotatable bonds is 6. The summed E-state index contributed by atoms with van der Waals surface area (Å²) in [6.45, 7) is 6.18. The van der Waals surface area contributed by atoms with Gasteiger partial charge in [0.2, 0.25) is 10.0 Å². The predicted octanol–water partition coefficient (Wildman–Crippen LogP) is 3.20. The van der Waals surface area contributed by atoms with Crippen molar-refractivity contribution in [3.05, 3.63) is 59.9 Å². The Morgan fingerprint density at radius 2 is 1.90 bits per heavy atom. The Labute approximate surface area is 183 Å². The summed E-state index contributed by atoms with van der Waals surface area (Å²) in [6, 6.07) is 14.1. The van der Waals surface area contributed by atoms with E-state index in [0.717, 1.165) is 29.7 Å². The van der Waals surface area contributed by atoms with Crippen molar-refractivity contribution < 1.29 is 13.2 Å². The number of nitrogens with one attached hydrogen (secondary N) is 1. The summed E-state index contributed by atoms with van der Waals surface area (Å²) in [5.41, 5.74) is 2.42. The van der Waals surface area contributed by atoms with Crippen LogP contribution >= 0.6 is 0 Å². The number of aryl methyl sites for hydroxylation is 1. The van der Waals surface area contributed by atoms with E-state index in [4.69, 9.17) is 0 Å². The number of benzene rings is 2. The molecule has 0 bridgehead atoms. The van der Waals surface area contributed by atoms with Gasteiger partial charge in [0.05, 0.1) is 15.9 Å². The average molecular weight is 441 g/mol. The van der Waals surface area contributed by atoms with Gasteiger partial charge in [0.25, 0.3) is 5.91 Å². The minimum atomic E-state index is -3.52. The van der Waals surface area contributed by atoms with Gasteiger partial charge in [-0.05, 0) is 62.1 Å². The van der Waals surface area contributed by atoms with Crippen LogP contribution in [0.5, 0.6) is 0 Å². The first-order chi connectivity index (χ1) is 14.9. The fourth-order valence-corrected chi connectivity index (χ4v) is 5.75. The van der Waals surface area contributed by atoms with E-state index >= 15 is 0 Å². The van der Waals surface area contributed by atoms with Crippen LogP contribution in [0.25, 0.3) is 11.0 Å². The van der Waals surface area contributed by atoms with Gasteiger partial charge in [-0.25, -0.2) is 13.4 Å². The molecule has 1 saturated heterocycles. The van der Waals surface area contributed by atoms with Gasteiger partial charge in [0.15, 0.2) is 0 Å². The Balaban J connectivity index is 1.39. The van der Waals surface area contributed by atoms with E-state index in [9.17, 15) is 13.2 Å². The number of imidazole rings is 1. The van der Waals surface area contributed by atoms with Gasteiger partial charge >= 0.3 is 0 Å². The fraction of sp³-hybridized carbons (Fsp3) is 0.391. The normalized spacial score (nSPS) is 17.7. The highest BCUT2D eigenvalue weighted by Gasteiger charge is 2.28. The quantitative estimate of drug-likeness (QED) is 0.638. The van der Waals surface area contributed by atoms with Crippen LogP contribution in [-0.4, -0.2) is 47.8 Å². The van der Waals surface area contributed by atoms with E-state index < -0.39 is 10.0 Å². The topological polar surface area (TPSA) is 84.3 Å². The van der Waals surface area contributed by atoms with E-state index in [1.54, 1.807) is 16.4 Å². The Morgan fingerprint density at radius 1 is 1.16 bits per heavy atom.